The largest absolute Gasteiger partial charge is 0.444 e. The van der Waals surface area contributed by atoms with E-state index >= 15 is 0 Å². The average Bonchev–Trinajstić information content (AvgIpc) is 2.83. The van der Waals surface area contributed by atoms with Gasteiger partial charge in [-0.3, -0.25) is 9.69 Å². The zero-order valence-corrected chi connectivity index (χ0v) is 15.0. The monoisotopic (exact) mass is 335 g/mol. The zero-order valence-electron chi connectivity index (χ0n) is 15.0. The smallest absolute Gasteiger partial charge is 0.411 e. The van der Waals surface area contributed by atoms with Crippen molar-refractivity contribution in [2.75, 3.05) is 13.2 Å². The second kappa shape index (κ2) is 6.87. The van der Waals surface area contributed by atoms with Crippen molar-refractivity contribution in [2.24, 2.45) is 5.92 Å². The van der Waals surface area contributed by atoms with Crippen LogP contribution >= 0.6 is 0 Å². The number of hydrogen-bond acceptors (Lipinski definition) is 4. The quantitative estimate of drug-likeness (QED) is 0.725. The number of carbonyl (C=O) groups excluding carboxylic acids is 2. The van der Waals surface area contributed by atoms with Gasteiger partial charge in [-0.25, -0.2) is 4.79 Å². The summed E-state index contributed by atoms with van der Waals surface area (Å²) < 4.78 is 11.0. The minimum atomic E-state index is -0.510. The van der Waals surface area contributed by atoms with Crippen LogP contribution in [0, 0.1) is 5.92 Å². The van der Waals surface area contributed by atoms with Crippen LogP contribution in [0.25, 0.3) is 0 Å². The van der Waals surface area contributed by atoms with E-state index < -0.39 is 5.60 Å². The molecule has 0 spiro atoms. The molecule has 0 radical (unpaired) electrons. The summed E-state index contributed by atoms with van der Waals surface area (Å²) in [6.45, 7) is 7.27. The van der Waals surface area contributed by atoms with Gasteiger partial charge in [-0.15, -0.1) is 0 Å². The Labute approximate surface area is 144 Å². The molecule has 0 aromatic carbocycles. The lowest BCUT2D eigenvalue weighted by molar-refractivity contribution is -0.118. The molecule has 2 atom stereocenters. The normalized spacial score (nSPS) is 30.0. The number of Topliss-reactive ketones (excluding diaryl/α,β-unsaturated/α-hetero) is 1. The van der Waals surface area contributed by atoms with Gasteiger partial charge in [0.1, 0.15) is 5.60 Å². The lowest BCUT2D eigenvalue weighted by Gasteiger charge is -2.37. The number of ether oxygens (including phenoxy) is 2. The molecule has 0 aromatic rings. The summed E-state index contributed by atoms with van der Waals surface area (Å²) in [5, 5.41) is 0. The van der Waals surface area contributed by atoms with Crippen molar-refractivity contribution in [3.63, 3.8) is 0 Å². The molecule has 3 aliphatic heterocycles. The van der Waals surface area contributed by atoms with Gasteiger partial charge in [0.05, 0.1) is 6.04 Å². The molecule has 2 bridgehead atoms. The summed E-state index contributed by atoms with van der Waals surface area (Å²) in [6, 6.07) is -0.0801. The van der Waals surface area contributed by atoms with Crippen LogP contribution < -0.4 is 0 Å². The maximum atomic E-state index is 12.6. The van der Waals surface area contributed by atoms with Crippen LogP contribution in [0.2, 0.25) is 0 Å². The van der Waals surface area contributed by atoms with Crippen LogP contribution in [0.4, 0.5) is 4.79 Å². The second-order valence-electron chi connectivity index (χ2n) is 8.21. The van der Waals surface area contributed by atoms with Crippen LogP contribution in [0.3, 0.4) is 0 Å². The lowest BCUT2D eigenvalue weighted by atomic mass is 9.90. The minimum Gasteiger partial charge on any atom is -0.444 e. The van der Waals surface area contributed by atoms with E-state index in [4.69, 9.17) is 9.47 Å². The van der Waals surface area contributed by atoms with Crippen LogP contribution in [-0.4, -0.2) is 47.7 Å². The Bertz CT molecular complexity index is 528. The van der Waals surface area contributed by atoms with Crippen molar-refractivity contribution in [3.05, 3.63) is 11.6 Å². The number of hydrogen-bond donors (Lipinski definition) is 0. The molecule has 5 nitrogen and oxygen atoms in total. The van der Waals surface area contributed by atoms with Crippen molar-refractivity contribution in [1.29, 1.82) is 0 Å². The summed E-state index contributed by atoms with van der Waals surface area (Å²) in [5.74, 6) is 0.808. The van der Waals surface area contributed by atoms with Crippen molar-refractivity contribution < 1.29 is 19.1 Å². The fraction of sp³-hybridized carbons (Fsp3) is 0.789. The first-order chi connectivity index (χ1) is 11.3. The first-order valence-electron chi connectivity index (χ1n) is 9.17. The van der Waals surface area contributed by atoms with E-state index in [9.17, 15) is 9.59 Å². The average molecular weight is 335 g/mol. The highest BCUT2D eigenvalue weighted by Gasteiger charge is 2.47. The van der Waals surface area contributed by atoms with Crippen LogP contribution in [-0.2, 0) is 14.3 Å². The summed E-state index contributed by atoms with van der Waals surface area (Å²) in [6.07, 6.45) is 7.05. The van der Waals surface area contributed by atoms with Crippen molar-refractivity contribution in [3.8, 4) is 0 Å². The fourth-order valence-corrected chi connectivity index (χ4v) is 4.02. The molecule has 3 rings (SSSR count). The Balaban J connectivity index is 1.72. The van der Waals surface area contributed by atoms with Crippen LogP contribution in [0.5, 0.6) is 0 Å². The molecule has 2 unspecified atom stereocenters. The number of nitrogens with zero attached hydrogens (tertiary/aromatic N) is 1. The number of ketones is 1. The van der Waals surface area contributed by atoms with E-state index in [-0.39, 0.29) is 24.0 Å². The van der Waals surface area contributed by atoms with Gasteiger partial charge in [0.15, 0.2) is 5.78 Å². The Morgan fingerprint density at radius 3 is 2.62 bits per heavy atom. The summed E-state index contributed by atoms with van der Waals surface area (Å²) in [5.41, 5.74) is 0.324. The molecule has 134 valence electrons. The third-order valence-corrected chi connectivity index (χ3v) is 5.22. The maximum Gasteiger partial charge on any atom is 0.411 e. The summed E-state index contributed by atoms with van der Waals surface area (Å²) in [7, 11) is 0. The first kappa shape index (κ1) is 17.5. The number of amides is 1. The highest BCUT2D eigenvalue weighted by Crippen LogP contribution is 2.38. The molecule has 0 N–H and O–H groups in total. The SMILES string of the molecule is CC(C)(C)OC(=O)N1C2CCC1/C(=C\CC1CCOCC1)C(=O)C2. The zero-order chi connectivity index (χ0) is 17.3. The van der Waals surface area contributed by atoms with Crippen molar-refractivity contribution in [2.45, 2.75) is 77.0 Å². The predicted octanol–water partition coefficient (Wildman–Crippen LogP) is 3.47. The first-order valence-corrected chi connectivity index (χ1v) is 9.17. The van der Waals surface area contributed by atoms with Crippen molar-refractivity contribution in [1.82, 2.24) is 4.90 Å². The maximum absolute atomic E-state index is 12.6. The number of piperidine rings is 1. The molecule has 3 saturated heterocycles. The number of carbonyl (C=O) groups is 2. The van der Waals surface area contributed by atoms with E-state index in [0.29, 0.717) is 12.3 Å². The molecule has 5 heteroatoms. The fourth-order valence-electron chi connectivity index (χ4n) is 4.02. The Hall–Kier alpha value is -1.36. The van der Waals surface area contributed by atoms with Crippen LogP contribution in [0.15, 0.2) is 11.6 Å². The van der Waals surface area contributed by atoms with Gasteiger partial charge in [0.2, 0.25) is 0 Å². The molecule has 3 fully saturated rings. The molecule has 3 aliphatic rings. The molecule has 1 amide bonds. The number of allylic oxidation sites excluding steroid dienone is 1. The summed E-state index contributed by atoms with van der Waals surface area (Å²) >= 11 is 0. The van der Waals surface area contributed by atoms with Gasteiger partial charge in [0.25, 0.3) is 0 Å². The Morgan fingerprint density at radius 1 is 1.25 bits per heavy atom. The van der Waals surface area contributed by atoms with Crippen LogP contribution in [0.1, 0.15) is 59.3 Å². The standard InChI is InChI=1S/C19H29NO4/c1-19(2,3)24-18(22)20-14-5-7-16(20)15(17(21)12-14)6-4-13-8-10-23-11-9-13/h6,13-14,16H,4-5,7-12H2,1-3H3/b15-6+. The number of fused-ring (bicyclic) bond motifs is 2. The van der Waals surface area contributed by atoms with Gasteiger partial charge in [0, 0.05) is 31.2 Å². The predicted molar refractivity (Wildman–Crippen MR) is 90.8 cm³/mol. The molecule has 24 heavy (non-hydrogen) atoms. The molecule has 0 aromatic heterocycles. The Morgan fingerprint density at radius 2 is 1.96 bits per heavy atom. The second-order valence-corrected chi connectivity index (χ2v) is 8.21. The Kier molecular flexibility index (Phi) is 5.00. The molecule has 0 aliphatic carbocycles. The van der Waals surface area contributed by atoms with E-state index in [1.807, 2.05) is 25.7 Å². The third-order valence-electron chi connectivity index (χ3n) is 5.22. The van der Waals surface area contributed by atoms with E-state index in [0.717, 1.165) is 50.9 Å². The number of rotatable bonds is 2. The van der Waals surface area contributed by atoms with E-state index in [2.05, 4.69) is 6.08 Å². The topological polar surface area (TPSA) is 55.8 Å². The minimum absolute atomic E-state index is 0.0116. The van der Waals surface area contributed by atoms with E-state index in [1.54, 1.807) is 0 Å². The van der Waals surface area contributed by atoms with Gasteiger partial charge >= 0.3 is 6.09 Å². The van der Waals surface area contributed by atoms with Gasteiger partial charge in [-0.2, -0.15) is 0 Å². The highest BCUT2D eigenvalue weighted by atomic mass is 16.6. The third kappa shape index (κ3) is 3.82. The molecule has 0 saturated carbocycles. The molecular formula is C19H29NO4. The summed E-state index contributed by atoms with van der Waals surface area (Å²) in [4.78, 5) is 26.9. The van der Waals surface area contributed by atoms with Crippen molar-refractivity contribution >= 4 is 11.9 Å². The highest BCUT2D eigenvalue weighted by molar-refractivity contribution is 5.99. The molecule has 3 heterocycles. The van der Waals surface area contributed by atoms with Gasteiger partial charge in [-0.1, -0.05) is 6.08 Å². The van der Waals surface area contributed by atoms with E-state index in [1.165, 1.54) is 0 Å². The van der Waals surface area contributed by atoms with Gasteiger partial charge < -0.3 is 9.47 Å². The lowest BCUT2D eigenvalue weighted by Crippen LogP contribution is -2.50. The molecular weight excluding hydrogens is 306 g/mol. The van der Waals surface area contributed by atoms with Gasteiger partial charge in [-0.05, 0) is 58.8 Å².